The third kappa shape index (κ3) is 9.73. The van der Waals surface area contributed by atoms with Crippen molar-refractivity contribution < 1.29 is 14.6 Å². The summed E-state index contributed by atoms with van der Waals surface area (Å²) in [7, 11) is 1.35. The molecular weight excluding hydrogens is 192 g/mol. The number of carbonyl (C=O) groups excluding carboxylic acids is 1. The number of hydrogen-bond donors (Lipinski definition) is 1. The molecule has 0 fully saturated rings. The van der Waals surface area contributed by atoms with Crippen LogP contribution in [0.25, 0.3) is 0 Å². The molecular formula is C12H24O3. The Morgan fingerprint density at radius 3 is 2.40 bits per heavy atom. The van der Waals surface area contributed by atoms with Gasteiger partial charge in [0.25, 0.3) is 0 Å². The van der Waals surface area contributed by atoms with Gasteiger partial charge in [-0.25, -0.2) is 0 Å². The van der Waals surface area contributed by atoms with Crippen molar-refractivity contribution in [2.75, 3.05) is 7.11 Å². The van der Waals surface area contributed by atoms with Crippen LogP contribution in [-0.2, 0) is 9.53 Å². The van der Waals surface area contributed by atoms with E-state index in [1.807, 2.05) is 0 Å². The molecule has 15 heavy (non-hydrogen) atoms. The van der Waals surface area contributed by atoms with Crippen LogP contribution >= 0.6 is 0 Å². The normalized spacial score (nSPS) is 12.5. The summed E-state index contributed by atoms with van der Waals surface area (Å²) in [5.74, 6) is -0.325. The molecule has 0 aliphatic heterocycles. The number of aliphatic hydroxyl groups is 1. The van der Waals surface area contributed by atoms with Crippen molar-refractivity contribution in [2.45, 2.75) is 64.4 Å². The molecule has 90 valence electrons. The van der Waals surface area contributed by atoms with Crippen molar-refractivity contribution in [1.29, 1.82) is 0 Å². The quantitative estimate of drug-likeness (QED) is 0.476. The molecule has 0 aromatic rings. The van der Waals surface area contributed by atoms with Crippen LogP contribution in [-0.4, -0.2) is 24.3 Å². The van der Waals surface area contributed by atoms with E-state index in [1.165, 1.54) is 32.8 Å². The van der Waals surface area contributed by atoms with Crippen molar-refractivity contribution in [2.24, 2.45) is 0 Å². The molecule has 0 unspecified atom stereocenters. The fourth-order valence-corrected chi connectivity index (χ4v) is 1.54. The minimum atomic E-state index is -0.524. The zero-order chi connectivity index (χ0) is 11.5. The SMILES string of the molecule is CCCCCCCC[C@@H](O)CC(=O)OC. The third-order valence-corrected chi connectivity index (χ3v) is 2.52. The average Bonchev–Trinajstić information content (AvgIpc) is 2.23. The molecule has 0 heterocycles. The Balaban J connectivity index is 3.23. The smallest absolute Gasteiger partial charge is 0.308 e. The zero-order valence-corrected chi connectivity index (χ0v) is 10.00. The number of methoxy groups -OCH3 is 1. The lowest BCUT2D eigenvalue weighted by molar-refractivity contribution is -0.142. The number of hydrogen-bond acceptors (Lipinski definition) is 3. The van der Waals surface area contributed by atoms with Crippen LogP contribution in [0.2, 0.25) is 0 Å². The molecule has 0 aromatic carbocycles. The summed E-state index contributed by atoms with van der Waals surface area (Å²) in [5, 5.41) is 9.45. The van der Waals surface area contributed by atoms with Gasteiger partial charge in [0.1, 0.15) is 0 Å². The molecule has 0 saturated carbocycles. The summed E-state index contributed by atoms with van der Waals surface area (Å²) in [6.45, 7) is 2.19. The Kier molecular flexibility index (Phi) is 9.59. The third-order valence-electron chi connectivity index (χ3n) is 2.52. The van der Waals surface area contributed by atoms with Crippen molar-refractivity contribution in [3.05, 3.63) is 0 Å². The van der Waals surface area contributed by atoms with E-state index in [-0.39, 0.29) is 12.4 Å². The molecule has 3 nitrogen and oxygen atoms in total. The highest BCUT2D eigenvalue weighted by molar-refractivity contribution is 5.69. The lowest BCUT2D eigenvalue weighted by Gasteiger charge is -2.08. The lowest BCUT2D eigenvalue weighted by atomic mass is 10.1. The molecule has 0 radical (unpaired) electrons. The van der Waals surface area contributed by atoms with Crippen molar-refractivity contribution in [3.63, 3.8) is 0 Å². The summed E-state index contributed by atoms with van der Waals surface area (Å²) < 4.78 is 4.48. The molecule has 0 saturated heterocycles. The highest BCUT2D eigenvalue weighted by Gasteiger charge is 2.09. The van der Waals surface area contributed by atoms with Crippen LogP contribution in [0.1, 0.15) is 58.3 Å². The van der Waals surface area contributed by atoms with Gasteiger partial charge in [0.2, 0.25) is 0 Å². The van der Waals surface area contributed by atoms with Crippen LogP contribution in [0.5, 0.6) is 0 Å². The highest BCUT2D eigenvalue weighted by Crippen LogP contribution is 2.10. The maximum absolute atomic E-state index is 10.8. The Labute approximate surface area is 92.8 Å². The summed E-state index contributed by atoms with van der Waals surface area (Å²) in [5.41, 5.74) is 0. The van der Waals surface area contributed by atoms with E-state index in [4.69, 9.17) is 0 Å². The minimum Gasteiger partial charge on any atom is -0.469 e. The first kappa shape index (κ1) is 14.4. The summed E-state index contributed by atoms with van der Waals surface area (Å²) >= 11 is 0. The van der Waals surface area contributed by atoms with Gasteiger partial charge in [-0.05, 0) is 6.42 Å². The number of aliphatic hydroxyl groups excluding tert-OH is 1. The van der Waals surface area contributed by atoms with Gasteiger partial charge in [-0.2, -0.15) is 0 Å². The second kappa shape index (κ2) is 9.97. The molecule has 0 rings (SSSR count). The largest absolute Gasteiger partial charge is 0.469 e. The van der Waals surface area contributed by atoms with Crippen LogP contribution in [0.3, 0.4) is 0 Å². The Hall–Kier alpha value is -0.570. The number of ether oxygens (including phenoxy) is 1. The summed E-state index contributed by atoms with van der Waals surface area (Å²) in [4.78, 5) is 10.8. The maximum Gasteiger partial charge on any atom is 0.308 e. The van der Waals surface area contributed by atoms with Gasteiger partial charge in [-0.15, -0.1) is 0 Å². The fraction of sp³-hybridized carbons (Fsp3) is 0.917. The second-order valence-corrected chi connectivity index (χ2v) is 3.99. The molecule has 1 N–H and O–H groups in total. The zero-order valence-electron chi connectivity index (χ0n) is 10.00. The van der Waals surface area contributed by atoms with Gasteiger partial charge in [-0.1, -0.05) is 45.4 Å². The van der Waals surface area contributed by atoms with Gasteiger partial charge < -0.3 is 9.84 Å². The Bertz CT molecular complexity index is 157. The predicted molar refractivity (Wildman–Crippen MR) is 60.6 cm³/mol. The van der Waals surface area contributed by atoms with Crippen LogP contribution in [0, 0.1) is 0 Å². The first-order valence-electron chi connectivity index (χ1n) is 5.95. The van der Waals surface area contributed by atoms with E-state index in [0.717, 1.165) is 12.8 Å². The highest BCUT2D eigenvalue weighted by atomic mass is 16.5. The number of esters is 1. The topological polar surface area (TPSA) is 46.5 Å². The number of carbonyl (C=O) groups is 1. The lowest BCUT2D eigenvalue weighted by Crippen LogP contribution is -2.14. The first-order chi connectivity index (χ1) is 7.20. The average molecular weight is 216 g/mol. The Morgan fingerprint density at radius 1 is 1.20 bits per heavy atom. The predicted octanol–water partition coefficient (Wildman–Crippen LogP) is 2.66. The molecule has 1 atom stereocenters. The van der Waals surface area contributed by atoms with Crippen LogP contribution in [0.15, 0.2) is 0 Å². The van der Waals surface area contributed by atoms with Crippen LogP contribution < -0.4 is 0 Å². The summed E-state index contributed by atoms with van der Waals surface area (Å²) in [6.07, 6.45) is 7.54. The van der Waals surface area contributed by atoms with E-state index in [0.29, 0.717) is 6.42 Å². The van der Waals surface area contributed by atoms with Gasteiger partial charge in [-0.3, -0.25) is 4.79 Å². The van der Waals surface area contributed by atoms with Gasteiger partial charge >= 0.3 is 5.97 Å². The molecule has 0 spiro atoms. The monoisotopic (exact) mass is 216 g/mol. The van der Waals surface area contributed by atoms with E-state index in [2.05, 4.69) is 11.7 Å². The fourth-order valence-electron chi connectivity index (χ4n) is 1.54. The summed E-state index contributed by atoms with van der Waals surface area (Å²) in [6, 6.07) is 0. The van der Waals surface area contributed by atoms with Crippen molar-refractivity contribution >= 4 is 5.97 Å². The van der Waals surface area contributed by atoms with Gasteiger partial charge in [0.15, 0.2) is 0 Å². The van der Waals surface area contributed by atoms with Gasteiger partial charge in [0, 0.05) is 0 Å². The molecule has 0 aliphatic carbocycles. The number of rotatable bonds is 9. The molecule has 0 amide bonds. The maximum atomic E-state index is 10.8. The number of unbranched alkanes of at least 4 members (excludes halogenated alkanes) is 5. The first-order valence-corrected chi connectivity index (χ1v) is 5.95. The molecule has 0 aromatic heterocycles. The van der Waals surface area contributed by atoms with Crippen molar-refractivity contribution in [1.82, 2.24) is 0 Å². The van der Waals surface area contributed by atoms with E-state index in [9.17, 15) is 9.90 Å². The minimum absolute atomic E-state index is 0.130. The van der Waals surface area contributed by atoms with E-state index >= 15 is 0 Å². The van der Waals surface area contributed by atoms with Gasteiger partial charge in [0.05, 0.1) is 19.6 Å². The van der Waals surface area contributed by atoms with E-state index in [1.54, 1.807) is 0 Å². The molecule has 0 bridgehead atoms. The molecule has 0 aliphatic rings. The van der Waals surface area contributed by atoms with E-state index < -0.39 is 6.10 Å². The second-order valence-electron chi connectivity index (χ2n) is 3.99. The van der Waals surface area contributed by atoms with Crippen molar-refractivity contribution in [3.8, 4) is 0 Å². The molecule has 3 heteroatoms. The van der Waals surface area contributed by atoms with Crippen LogP contribution in [0.4, 0.5) is 0 Å². The Morgan fingerprint density at radius 2 is 1.80 bits per heavy atom. The standard InChI is InChI=1S/C12H24O3/c1-3-4-5-6-7-8-9-11(13)10-12(14)15-2/h11,13H,3-10H2,1-2H3/t11-/m1/s1.